The Morgan fingerprint density at radius 3 is 2.28 bits per heavy atom. The van der Waals surface area contributed by atoms with Crippen molar-refractivity contribution in [3.8, 4) is 5.75 Å². The lowest BCUT2D eigenvalue weighted by molar-refractivity contribution is -0.177. The van der Waals surface area contributed by atoms with Crippen LogP contribution in [0, 0.1) is 33.5 Å². The largest absolute Gasteiger partial charge is 0.497 e. The molecule has 3 saturated carbocycles. The van der Waals surface area contributed by atoms with Crippen LogP contribution >= 0.6 is 0 Å². The number of hydrogen-bond donors (Lipinski definition) is 3. The molecule has 2 spiro atoms. The van der Waals surface area contributed by atoms with E-state index >= 15 is 0 Å². The van der Waals surface area contributed by atoms with Gasteiger partial charge in [-0.3, -0.25) is 14.6 Å². The minimum atomic E-state index is -0.825. The average Bonchev–Trinajstić information content (AvgIpc) is 3.28. The number of aliphatic hydroxyl groups is 3. The van der Waals surface area contributed by atoms with Crippen LogP contribution in [0.15, 0.2) is 48.1 Å². The maximum Gasteiger partial charge on any atom is 0.189 e. The van der Waals surface area contributed by atoms with E-state index in [0.29, 0.717) is 31.0 Å². The van der Waals surface area contributed by atoms with Crippen molar-refractivity contribution in [1.29, 1.82) is 0 Å². The van der Waals surface area contributed by atoms with Crippen LogP contribution in [0.1, 0.15) is 69.2 Å². The van der Waals surface area contributed by atoms with Crippen molar-refractivity contribution in [1.82, 2.24) is 9.80 Å². The molecule has 1 aromatic rings. The van der Waals surface area contributed by atoms with Gasteiger partial charge in [-0.1, -0.05) is 32.1 Å². The molecule has 7 heteroatoms. The molecule has 7 aliphatic rings. The molecule has 7 nitrogen and oxygen atoms in total. The van der Waals surface area contributed by atoms with E-state index in [1.54, 1.807) is 7.11 Å². The Morgan fingerprint density at radius 1 is 0.930 bits per heavy atom. The number of ketones is 1. The van der Waals surface area contributed by atoms with Gasteiger partial charge in [-0.05, 0) is 86.5 Å². The number of hydrogen-bond acceptors (Lipinski definition) is 7. The van der Waals surface area contributed by atoms with E-state index in [9.17, 15) is 20.1 Å². The van der Waals surface area contributed by atoms with Crippen molar-refractivity contribution in [3.63, 3.8) is 0 Å². The number of benzene rings is 1. The van der Waals surface area contributed by atoms with Crippen LogP contribution < -0.4 is 4.74 Å². The van der Waals surface area contributed by atoms with Crippen molar-refractivity contribution in [2.45, 2.75) is 70.5 Å². The standard InChI is InChI=1S/C36H50N2O5/c1-32-11-8-26(40)22-34(32)14-15-36(28(23-34)31(41)25-4-6-27(43-3)7-5-25)29(32)9-12-33(2)30(36)10-13-35(33,42)24-38-18-16-37(17-19-38)20-21-39/h4-7,14-15,23,26,29-30,39-40,42H,8-13,16-22,24H2,1-3H3. The predicted molar refractivity (Wildman–Crippen MR) is 166 cm³/mol. The molecule has 6 aliphatic carbocycles. The average molecular weight is 591 g/mol. The van der Waals surface area contributed by atoms with Crippen molar-refractivity contribution >= 4 is 5.78 Å². The zero-order valence-corrected chi connectivity index (χ0v) is 26.2. The fourth-order valence-electron chi connectivity index (χ4n) is 11.2. The summed E-state index contributed by atoms with van der Waals surface area (Å²) in [6.07, 6.45) is 12.7. The zero-order valence-electron chi connectivity index (χ0n) is 26.2. The van der Waals surface area contributed by atoms with Gasteiger partial charge in [-0.2, -0.15) is 0 Å². The molecular weight excluding hydrogens is 540 g/mol. The zero-order chi connectivity index (χ0) is 30.3. The number of methoxy groups -OCH3 is 1. The summed E-state index contributed by atoms with van der Waals surface area (Å²) in [5, 5.41) is 32.9. The van der Waals surface area contributed by atoms with Gasteiger partial charge in [0.05, 0.1) is 25.4 Å². The van der Waals surface area contributed by atoms with E-state index in [1.807, 2.05) is 24.3 Å². The highest BCUT2D eigenvalue weighted by atomic mass is 16.5. The van der Waals surface area contributed by atoms with E-state index in [2.05, 4.69) is 41.9 Å². The third-order valence-electron chi connectivity index (χ3n) is 13.7. The van der Waals surface area contributed by atoms with Crippen LogP contribution in [-0.2, 0) is 0 Å². The van der Waals surface area contributed by atoms with Crippen LogP contribution in [-0.4, -0.2) is 95.6 Å². The first-order valence-corrected chi connectivity index (χ1v) is 16.6. The second-order valence-electron chi connectivity index (χ2n) is 15.2. The highest BCUT2D eigenvalue weighted by molar-refractivity contribution is 6.10. The second-order valence-corrected chi connectivity index (χ2v) is 15.2. The van der Waals surface area contributed by atoms with Crippen LogP contribution in [0.3, 0.4) is 0 Å². The minimum Gasteiger partial charge on any atom is -0.497 e. The number of Topliss-reactive ketones (excluding diaryl/α,β-unsaturated/α-hetero) is 1. The molecule has 2 bridgehead atoms. The number of carbonyl (C=O) groups excluding carboxylic acids is 1. The van der Waals surface area contributed by atoms with Gasteiger partial charge >= 0.3 is 0 Å². The Kier molecular flexibility index (Phi) is 7.07. The number of rotatable bonds is 7. The summed E-state index contributed by atoms with van der Waals surface area (Å²) in [5.41, 5.74) is -0.369. The molecule has 8 atom stereocenters. The first-order chi connectivity index (χ1) is 20.5. The van der Waals surface area contributed by atoms with Crippen molar-refractivity contribution in [2.75, 3.05) is 53.0 Å². The fraction of sp³-hybridized carbons (Fsp3) is 0.694. The lowest BCUT2D eigenvalue weighted by Crippen LogP contribution is -2.67. The number of aliphatic hydroxyl groups excluding tert-OH is 2. The topological polar surface area (TPSA) is 93.5 Å². The van der Waals surface area contributed by atoms with Crippen LogP contribution in [0.5, 0.6) is 5.75 Å². The Bertz CT molecular complexity index is 1320. The van der Waals surface area contributed by atoms with Gasteiger partial charge in [0, 0.05) is 66.7 Å². The molecule has 3 N–H and O–H groups in total. The molecule has 8 rings (SSSR count). The minimum absolute atomic E-state index is 0.0320. The van der Waals surface area contributed by atoms with Gasteiger partial charge in [-0.15, -0.1) is 0 Å². The van der Waals surface area contributed by atoms with E-state index in [0.717, 1.165) is 76.0 Å². The normalized spacial score (nSPS) is 44.0. The molecule has 0 aromatic heterocycles. The van der Waals surface area contributed by atoms with E-state index in [-0.39, 0.29) is 40.7 Å². The summed E-state index contributed by atoms with van der Waals surface area (Å²) in [6.45, 7) is 9.96. The number of fused-ring (bicyclic) bond motifs is 1. The maximum atomic E-state index is 14.7. The smallest absolute Gasteiger partial charge is 0.189 e. The first-order valence-electron chi connectivity index (χ1n) is 16.6. The quantitative estimate of drug-likeness (QED) is 0.326. The number of carbonyl (C=O) groups is 1. The summed E-state index contributed by atoms with van der Waals surface area (Å²) in [7, 11) is 1.64. The summed E-state index contributed by atoms with van der Waals surface area (Å²) in [5.74, 6) is 1.27. The van der Waals surface area contributed by atoms with Crippen LogP contribution in [0.25, 0.3) is 0 Å². The highest BCUT2D eigenvalue weighted by Crippen LogP contribution is 2.78. The first kappa shape index (κ1) is 29.7. The van der Waals surface area contributed by atoms with E-state index in [4.69, 9.17) is 4.74 Å². The maximum absolute atomic E-state index is 14.7. The van der Waals surface area contributed by atoms with Crippen molar-refractivity contribution in [3.05, 3.63) is 53.6 Å². The van der Waals surface area contributed by atoms with E-state index < -0.39 is 11.0 Å². The van der Waals surface area contributed by atoms with Gasteiger partial charge in [0.1, 0.15) is 5.75 Å². The summed E-state index contributed by atoms with van der Waals surface area (Å²) < 4.78 is 5.39. The third-order valence-corrected chi connectivity index (χ3v) is 13.7. The van der Waals surface area contributed by atoms with Crippen molar-refractivity contribution in [2.24, 2.45) is 33.5 Å². The van der Waals surface area contributed by atoms with Crippen molar-refractivity contribution < 1.29 is 24.9 Å². The summed E-state index contributed by atoms with van der Waals surface area (Å²) >= 11 is 0. The number of nitrogens with zero attached hydrogens (tertiary/aromatic N) is 2. The molecule has 4 fully saturated rings. The molecule has 1 aliphatic heterocycles. The van der Waals surface area contributed by atoms with E-state index in [1.165, 1.54) is 0 Å². The third kappa shape index (κ3) is 4.07. The monoisotopic (exact) mass is 590 g/mol. The summed E-state index contributed by atoms with van der Waals surface area (Å²) in [4.78, 5) is 19.4. The predicted octanol–water partition coefficient (Wildman–Crippen LogP) is 4.08. The van der Waals surface area contributed by atoms with Gasteiger partial charge in [0.25, 0.3) is 0 Å². The lowest BCUT2D eigenvalue weighted by atomic mass is 9.32. The number of β-amino-alcohol motifs (C(OH)–C–C–N with tert-alkyl or cyclic N) is 2. The molecule has 1 aromatic carbocycles. The molecule has 1 heterocycles. The Hall–Kier alpha value is -2.03. The molecular formula is C36H50N2O5. The molecule has 8 unspecified atom stereocenters. The highest BCUT2D eigenvalue weighted by Gasteiger charge is 2.74. The SMILES string of the molecule is COc1ccc(C(=O)C2=CC34C=CC25C(CCC2(C)C5CCC2(O)CN2CCN(CCO)CC2)C3(C)CCC(O)C4)cc1. The Morgan fingerprint density at radius 2 is 1.58 bits per heavy atom. The molecule has 1 saturated heterocycles. The van der Waals surface area contributed by atoms with Crippen LogP contribution in [0.2, 0.25) is 0 Å². The number of piperazine rings is 1. The Labute approximate surface area is 256 Å². The van der Waals surface area contributed by atoms with Gasteiger partial charge in [-0.25, -0.2) is 0 Å². The van der Waals surface area contributed by atoms with Gasteiger partial charge < -0.3 is 20.1 Å². The summed E-state index contributed by atoms with van der Waals surface area (Å²) in [6, 6.07) is 7.50. The molecule has 0 amide bonds. The number of allylic oxidation sites excluding steroid dienone is 4. The molecule has 0 radical (unpaired) electrons. The lowest BCUT2D eigenvalue weighted by Gasteiger charge is -2.71. The van der Waals surface area contributed by atoms with Gasteiger partial charge in [0.15, 0.2) is 5.78 Å². The molecule has 234 valence electrons. The molecule has 43 heavy (non-hydrogen) atoms. The number of ether oxygens (including phenoxy) is 1. The van der Waals surface area contributed by atoms with Gasteiger partial charge in [0.2, 0.25) is 0 Å². The Balaban J connectivity index is 1.28. The second kappa shape index (κ2) is 10.2. The van der Waals surface area contributed by atoms with Crippen LogP contribution in [0.4, 0.5) is 0 Å². The fourth-order valence-corrected chi connectivity index (χ4v) is 11.2.